The SMILES string of the molecule is CC/C=C(\C=C/CN)OC. The molecule has 2 N–H and O–H groups in total. The smallest absolute Gasteiger partial charge is 0.114 e. The second-order valence-electron chi connectivity index (χ2n) is 1.86. The zero-order chi connectivity index (χ0) is 7.82. The van der Waals surface area contributed by atoms with Gasteiger partial charge in [0, 0.05) is 6.54 Å². The lowest BCUT2D eigenvalue weighted by Gasteiger charge is -1.97. The van der Waals surface area contributed by atoms with Crippen LogP contribution in [-0.4, -0.2) is 13.7 Å². The average molecular weight is 141 g/mol. The van der Waals surface area contributed by atoms with Crippen LogP contribution in [0.2, 0.25) is 0 Å². The van der Waals surface area contributed by atoms with Crippen molar-refractivity contribution in [1.82, 2.24) is 0 Å². The van der Waals surface area contributed by atoms with Gasteiger partial charge in [0.25, 0.3) is 0 Å². The summed E-state index contributed by atoms with van der Waals surface area (Å²) in [6.07, 6.45) is 6.73. The van der Waals surface area contributed by atoms with E-state index in [1.54, 1.807) is 7.11 Å². The Labute approximate surface area is 62.4 Å². The molecule has 0 saturated heterocycles. The van der Waals surface area contributed by atoms with Gasteiger partial charge in [-0.2, -0.15) is 0 Å². The van der Waals surface area contributed by atoms with Crippen LogP contribution in [0.4, 0.5) is 0 Å². The lowest BCUT2D eigenvalue weighted by atomic mass is 10.3. The molecule has 10 heavy (non-hydrogen) atoms. The minimum atomic E-state index is 0.560. The fourth-order valence-corrected chi connectivity index (χ4v) is 0.605. The molecule has 0 aromatic heterocycles. The summed E-state index contributed by atoms with van der Waals surface area (Å²) in [4.78, 5) is 0. The van der Waals surface area contributed by atoms with Crippen LogP contribution in [0, 0.1) is 0 Å². The van der Waals surface area contributed by atoms with Crippen molar-refractivity contribution in [3.05, 3.63) is 24.0 Å². The van der Waals surface area contributed by atoms with Gasteiger partial charge in [0.05, 0.1) is 7.11 Å². The summed E-state index contributed by atoms with van der Waals surface area (Å²) >= 11 is 0. The third kappa shape index (κ3) is 4.15. The van der Waals surface area contributed by atoms with E-state index >= 15 is 0 Å². The highest BCUT2D eigenvalue weighted by molar-refractivity contribution is 5.11. The van der Waals surface area contributed by atoms with Crippen LogP contribution < -0.4 is 5.73 Å². The van der Waals surface area contributed by atoms with Crippen molar-refractivity contribution in [2.45, 2.75) is 13.3 Å². The lowest BCUT2D eigenvalue weighted by molar-refractivity contribution is 0.305. The van der Waals surface area contributed by atoms with Crippen LogP contribution in [0.3, 0.4) is 0 Å². The van der Waals surface area contributed by atoms with Crippen molar-refractivity contribution in [3.8, 4) is 0 Å². The van der Waals surface area contributed by atoms with Crippen molar-refractivity contribution in [3.63, 3.8) is 0 Å². The molecular formula is C8H15NO. The molecule has 0 fully saturated rings. The Balaban J connectivity index is 3.82. The minimum Gasteiger partial charge on any atom is -0.497 e. The molecule has 58 valence electrons. The number of ether oxygens (including phenoxy) is 1. The highest BCUT2D eigenvalue weighted by Crippen LogP contribution is 1.98. The van der Waals surface area contributed by atoms with Gasteiger partial charge in [-0.05, 0) is 18.6 Å². The van der Waals surface area contributed by atoms with Crippen LogP contribution in [0.5, 0.6) is 0 Å². The summed E-state index contributed by atoms with van der Waals surface area (Å²) in [6.45, 7) is 2.62. The van der Waals surface area contributed by atoms with Crippen molar-refractivity contribution < 1.29 is 4.74 Å². The van der Waals surface area contributed by atoms with Gasteiger partial charge in [-0.1, -0.05) is 13.0 Å². The summed E-state index contributed by atoms with van der Waals surface area (Å²) in [5.74, 6) is 0.882. The van der Waals surface area contributed by atoms with Crippen LogP contribution in [-0.2, 0) is 4.74 Å². The van der Waals surface area contributed by atoms with E-state index in [1.165, 1.54) is 0 Å². The highest BCUT2D eigenvalue weighted by Gasteiger charge is 1.84. The second kappa shape index (κ2) is 6.36. The van der Waals surface area contributed by atoms with Crippen molar-refractivity contribution in [2.75, 3.05) is 13.7 Å². The van der Waals surface area contributed by atoms with Gasteiger partial charge >= 0.3 is 0 Å². The Bertz CT molecular complexity index is 127. The first-order valence-electron chi connectivity index (χ1n) is 3.45. The van der Waals surface area contributed by atoms with Crippen LogP contribution in [0.25, 0.3) is 0 Å². The topological polar surface area (TPSA) is 35.2 Å². The van der Waals surface area contributed by atoms with E-state index in [-0.39, 0.29) is 0 Å². The molecule has 0 aromatic carbocycles. The summed E-state index contributed by atoms with van der Waals surface area (Å²) in [7, 11) is 1.66. The molecule has 0 aromatic rings. The van der Waals surface area contributed by atoms with Gasteiger partial charge in [-0.3, -0.25) is 0 Å². The van der Waals surface area contributed by atoms with E-state index in [0.717, 1.165) is 12.2 Å². The molecule has 0 saturated carbocycles. The standard InChI is InChI=1S/C8H15NO/c1-3-5-8(10-2)6-4-7-9/h4-6H,3,7,9H2,1-2H3/b6-4-,8-5+. The Kier molecular flexibility index (Phi) is 5.88. The van der Waals surface area contributed by atoms with Crippen molar-refractivity contribution >= 4 is 0 Å². The first-order chi connectivity index (χ1) is 4.85. The Morgan fingerprint density at radius 2 is 2.30 bits per heavy atom. The maximum atomic E-state index is 5.26. The molecule has 0 aliphatic heterocycles. The van der Waals surface area contributed by atoms with Gasteiger partial charge < -0.3 is 10.5 Å². The molecule has 0 radical (unpaired) electrons. The summed E-state index contributed by atoms with van der Waals surface area (Å²) < 4.78 is 5.01. The number of allylic oxidation sites excluding steroid dienone is 2. The van der Waals surface area contributed by atoms with E-state index in [4.69, 9.17) is 10.5 Å². The van der Waals surface area contributed by atoms with E-state index in [0.29, 0.717) is 6.54 Å². The van der Waals surface area contributed by atoms with Gasteiger partial charge in [0.2, 0.25) is 0 Å². The summed E-state index contributed by atoms with van der Waals surface area (Å²) in [5, 5.41) is 0. The molecule has 0 unspecified atom stereocenters. The maximum absolute atomic E-state index is 5.26. The van der Waals surface area contributed by atoms with Crippen LogP contribution in [0.1, 0.15) is 13.3 Å². The molecule has 0 amide bonds. The lowest BCUT2D eigenvalue weighted by Crippen LogP contribution is -1.93. The number of hydrogen-bond acceptors (Lipinski definition) is 2. The van der Waals surface area contributed by atoms with E-state index in [9.17, 15) is 0 Å². The molecule has 0 aliphatic rings. The molecule has 0 atom stereocenters. The number of rotatable bonds is 4. The number of methoxy groups -OCH3 is 1. The fraction of sp³-hybridized carbons (Fsp3) is 0.500. The van der Waals surface area contributed by atoms with Crippen molar-refractivity contribution in [2.24, 2.45) is 5.73 Å². The quantitative estimate of drug-likeness (QED) is 0.475. The van der Waals surface area contributed by atoms with E-state index < -0.39 is 0 Å². The van der Waals surface area contributed by atoms with E-state index in [1.807, 2.05) is 18.2 Å². The molecule has 0 spiro atoms. The molecule has 2 nitrogen and oxygen atoms in total. The number of hydrogen-bond donors (Lipinski definition) is 1. The summed E-state index contributed by atoms with van der Waals surface area (Å²) in [6, 6.07) is 0. The minimum absolute atomic E-state index is 0.560. The molecular weight excluding hydrogens is 126 g/mol. The number of nitrogens with two attached hydrogens (primary N) is 1. The van der Waals surface area contributed by atoms with Gasteiger partial charge in [-0.25, -0.2) is 0 Å². The second-order valence-corrected chi connectivity index (χ2v) is 1.86. The van der Waals surface area contributed by atoms with Gasteiger partial charge in [0.1, 0.15) is 5.76 Å². The predicted octanol–water partition coefficient (Wildman–Crippen LogP) is 1.44. The maximum Gasteiger partial charge on any atom is 0.114 e. The normalized spacial score (nSPS) is 12.5. The van der Waals surface area contributed by atoms with Gasteiger partial charge in [0.15, 0.2) is 0 Å². The zero-order valence-electron chi connectivity index (χ0n) is 6.63. The fourth-order valence-electron chi connectivity index (χ4n) is 0.605. The predicted molar refractivity (Wildman–Crippen MR) is 43.6 cm³/mol. The van der Waals surface area contributed by atoms with Gasteiger partial charge in [-0.15, -0.1) is 0 Å². The zero-order valence-corrected chi connectivity index (χ0v) is 6.63. The Morgan fingerprint density at radius 3 is 2.70 bits per heavy atom. The molecule has 0 rings (SSSR count). The van der Waals surface area contributed by atoms with Crippen LogP contribution in [0.15, 0.2) is 24.0 Å². The highest BCUT2D eigenvalue weighted by atomic mass is 16.5. The first-order valence-corrected chi connectivity index (χ1v) is 3.45. The average Bonchev–Trinajstić information content (AvgIpc) is 1.98. The van der Waals surface area contributed by atoms with Crippen molar-refractivity contribution in [1.29, 1.82) is 0 Å². The third-order valence-electron chi connectivity index (χ3n) is 1.06. The first kappa shape index (κ1) is 9.24. The molecule has 0 bridgehead atoms. The largest absolute Gasteiger partial charge is 0.497 e. The van der Waals surface area contributed by atoms with Crippen LogP contribution >= 0.6 is 0 Å². The Hall–Kier alpha value is -0.760. The summed E-state index contributed by atoms with van der Waals surface area (Å²) in [5.41, 5.74) is 5.26. The monoisotopic (exact) mass is 141 g/mol. The molecule has 0 heterocycles. The molecule has 2 heteroatoms. The molecule has 0 aliphatic carbocycles. The van der Waals surface area contributed by atoms with E-state index in [2.05, 4.69) is 6.92 Å². The Morgan fingerprint density at radius 1 is 1.60 bits per heavy atom. The third-order valence-corrected chi connectivity index (χ3v) is 1.06.